The highest BCUT2D eigenvalue weighted by molar-refractivity contribution is 5.71. The molecule has 5 nitrogen and oxygen atoms in total. The number of carbonyl (C=O) groups excluding carboxylic acids is 1. The quantitative estimate of drug-likeness (QED) is 0.725. The van der Waals surface area contributed by atoms with Crippen LogP contribution in [0.3, 0.4) is 0 Å². The molecule has 1 aliphatic rings. The van der Waals surface area contributed by atoms with Crippen molar-refractivity contribution >= 4 is 6.09 Å². The lowest BCUT2D eigenvalue weighted by Gasteiger charge is -2.18. The summed E-state index contributed by atoms with van der Waals surface area (Å²) in [5.74, 6) is -1.19. The van der Waals surface area contributed by atoms with Crippen molar-refractivity contribution in [2.75, 3.05) is 0 Å². The molecule has 0 bridgehead atoms. The number of ether oxygens (including phenoxy) is 1. The summed E-state index contributed by atoms with van der Waals surface area (Å²) in [4.78, 5) is 19.6. The Hall–Kier alpha value is -3.35. The van der Waals surface area contributed by atoms with E-state index in [1.165, 1.54) is 24.4 Å². The van der Waals surface area contributed by atoms with Gasteiger partial charge in [0.1, 0.15) is 11.9 Å². The minimum Gasteiger partial charge on any atom is -0.439 e. The zero-order chi connectivity index (χ0) is 18.1. The third kappa shape index (κ3) is 2.99. The second-order valence-corrected chi connectivity index (χ2v) is 5.85. The first kappa shape index (κ1) is 16.1. The van der Waals surface area contributed by atoms with Crippen molar-refractivity contribution < 1.29 is 18.3 Å². The largest absolute Gasteiger partial charge is 0.439 e. The molecule has 1 aliphatic heterocycles. The van der Waals surface area contributed by atoms with Gasteiger partial charge in [-0.25, -0.2) is 14.2 Å². The molecule has 0 saturated carbocycles. The van der Waals surface area contributed by atoms with E-state index in [1.807, 2.05) is 6.07 Å². The molecule has 3 aromatic rings. The molecular formula is C19H13F2N3O2. The standard InChI is InChI=1S/C19H13F2N3O2/c20-14-5-1-3-11(7-14)17-16(24-19(25)26-17)15-8-13(10-23-18(15)21)12-4-2-6-22-9-12/h1-10,16-17H,(H,24,25)/t16-,17-/m1/s1. The maximum Gasteiger partial charge on any atom is 0.408 e. The Morgan fingerprint density at radius 2 is 1.92 bits per heavy atom. The maximum atomic E-state index is 14.4. The van der Waals surface area contributed by atoms with Crippen LogP contribution in [0.15, 0.2) is 61.1 Å². The van der Waals surface area contributed by atoms with E-state index in [9.17, 15) is 13.6 Å². The van der Waals surface area contributed by atoms with E-state index in [4.69, 9.17) is 4.74 Å². The molecule has 0 radical (unpaired) electrons. The van der Waals surface area contributed by atoms with Gasteiger partial charge < -0.3 is 10.1 Å². The van der Waals surface area contributed by atoms with E-state index in [2.05, 4.69) is 15.3 Å². The van der Waals surface area contributed by atoms with Gasteiger partial charge in [0.05, 0.1) is 0 Å². The molecule has 7 heteroatoms. The second kappa shape index (κ2) is 6.51. The van der Waals surface area contributed by atoms with Crippen molar-refractivity contribution in [2.24, 2.45) is 0 Å². The van der Waals surface area contributed by atoms with E-state index in [-0.39, 0.29) is 5.56 Å². The third-order valence-electron chi connectivity index (χ3n) is 4.18. The van der Waals surface area contributed by atoms with E-state index in [0.29, 0.717) is 11.1 Å². The van der Waals surface area contributed by atoms with Crippen LogP contribution in [0, 0.1) is 11.8 Å². The first-order chi connectivity index (χ1) is 12.6. The molecule has 1 fully saturated rings. The molecule has 1 saturated heterocycles. The van der Waals surface area contributed by atoms with Gasteiger partial charge in [-0.3, -0.25) is 4.98 Å². The summed E-state index contributed by atoms with van der Waals surface area (Å²) < 4.78 is 33.2. The molecular weight excluding hydrogens is 340 g/mol. The second-order valence-electron chi connectivity index (χ2n) is 5.85. The van der Waals surface area contributed by atoms with Gasteiger partial charge in [0.15, 0.2) is 6.10 Å². The highest BCUT2D eigenvalue weighted by Gasteiger charge is 2.38. The van der Waals surface area contributed by atoms with Crippen LogP contribution in [-0.4, -0.2) is 16.1 Å². The van der Waals surface area contributed by atoms with E-state index in [1.54, 1.807) is 30.6 Å². The van der Waals surface area contributed by atoms with Gasteiger partial charge >= 0.3 is 6.09 Å². The lowest BCUT2D eigenvalue weighted by Crippen LogP contribution is -2.21. The van der Waals surface area contributed by atoms with Gasteiger partial charge in [0.2, 0.25) is 5.95 Å². The number of rotatable bonds is 3. The number of aromatic nitrogens is 2. The van der Waals surface area contributed by atoms with Crippen molar-refractivity contribution in [3.05, 3.63) is 83.9 Å². The van der Waals surface area contributed by atoms with E-state index >= 15 is 0 Å². The van der Waals surface area contributed by atoms with Crippen LogP contribution in [-0.2, 0) is 4.74 Å². The van der Waals surface area contributed by atoms with E-state index in [0.717, 1.165) is 5.56 Å². The molecule has 4 rings (SSSR count). The summed E-state index contributed by atoms with van der Waals surface area (Å²) in [5, 5.41) is 2.58. The Morgan fingerprint density at radius 1 is 1.04 bits per heavy atom. The average Bonchev–Trinajstić information content (AvgIpc) is 3.04. The topological polar surface area (TPSA) is 64.1 Å². The summed E-state index contributed by atoms with van der Waals surface area (Å²) in [5.41, 5.74) is 1.99. The molecule has 1 aromatic carbocycles. The lowest BCUT2D eigenvalue weighted by atomic mass is 9.95. The Labute approximate surface area is 147 Å². The third-order valence-corrected chi connectivity index (χ3v) is 4.18. The zero-order valence-electron chi connectivity index (χ0n) is 13.4. The number of amides is 1. The number of nitrogens with zero attached hydrogens (tertiary/aromatic N) is 2. The van der Waals surface area contributed by atoms with Crippen molar-refractivity contribution in [3.63, 3.8) is 0 Å². The fraction of sp³-hybridized carbons (Fsp3) is 0.105. The summed E-state index contributed by atoms with van der Waals surface area (Å²) in [7, 11) is 0. The fourth-order valence-electron chi connectivity index (χ4n) is 2.98. The predicted molar refractivity (Wildman–Crippen MR) is 88.9 cm³/mol. The lowest BCUT2D eigenvalue weighted by molar-refractivity contribution is 0.131. The number of halogens is 2. The van der Waals surface area contributed by atoms with Gasteiger partial charge in [-0.2, -0.15) is 4.39 Å². The van der Waals surface area contributed by atoms with Gasteiger partial charge in [-0.15, -0.1) is 0 Å². The summed E-state index contributed by atoms with van der Waals surface area (Å²) >= 11 is 0. The minimum atomic E-state index is -0.862. The summed E-state index contributed by atoms with van der Waals surface area (Å²) in [6.07, 6.45) is 3.10. The van der Waals surface area contributed by atoms with Crippen LogP contribution in [0.4, 0.5) is 13.6 Å². The van der Waals surface area contributed by atoms with Crippen molar-refractivity contribution in [3.8, 4) is 11.1 Å². The molecule has 3 heterocycles. The number of cyclic esters (lactones) is 1. The number of hydrogen-bond donors (Lipinski definition) is 1. The van der Waals surface area contributed by atoms with Crippen LogP contribution in [0.2, 0.25) is 0 Å². The number of carbonyl (C=O) groups is 1. The molecule has 26 heavy (non-hydrogen) atoms. The van der Waals surface area contributed by atoms with E-state index < -0.39 is 30.0 Å². The van der Waals surface area contributed by atoms with Gasteiger partial charge in [-0.1, -0.05) is 18.2 Å². The molecule has 1 amide bonds. The number of hydrogen-bond acceptors (Lipinski definition) is 4. The molecule has 130 valence electrons. The van der Waals surface area contributed by atoms with Crippen molar-refractivity contribution in [2.45, 2.75) is 12.1 Å². The fourth-order valence-corrected chi connectivity index (χ4v) is 2.98. The van der Waals surface area contributed by atoms with Gasteiger partial charge in [-0.05, 0) is 29.8 Å². The predicted octanol–water partition coefficient (Wildman–Crippen LogP) is 3.94. The SMILES string of the molecule is O=C1N[C@H](c2cc(-c3cccnc3)cnc2F)[C@@H](c2cccc(F)c2)O1. The maximum absolute atomic E-state index is 14.4. The highest BCUT2D eigenvalue weighted by atomic mass is 19.1. The van der Waals surface area contributed by atoms with Crippen molar-refractivity contribution in [1.29, 1.82) is 0 Å². The Bertz CT molecular complexity index is 966. The smallest absolute Gasteiger partial charge is 0.408 e. The monoisotopic (exact) mass is 353 g/mol. The average molecular weight is 353 g/mol. The van der Waals surface area contributed by atoms with Crippen LogP contribution in [0.25, 0.3) is 11.1 Å². The summed E-state index contributed by atoms with van der Waals surface area (Å²) in [6.45, 7) is 0. The van der Waals surface area contributed by atoms with Gasteiger partial charge in [0, 0.05) is 35.3 Å². The summed E-state index contributed by atoms with van der Waals surface area (Å²) in [6, 6.07) is 10.0. The molecule has 0 unspecified atom stereocenters. The van der Waals surface area contributed by atoms with Crippen LogP contribution in [0.1, 0.15) is 23.3 Å². The Morgan fingerprint density at radius 3 is 2.69 bits per heavy atom. The number of benzene rings is 1. The Kier molecular flexibility index (Phi) is 4.04. The Balaban J connectivity index is 1.76. The minimum absolute atomic E-state index is 0.159. The molecule has 1 N–H and O–H groups in total. The van der Waals surface area contributed by atoms with Gasteiger partial charge in [0.25, 0.3) is 0 Å². The molecule has 0 aliphatic carbocycles. The normalized spacial score (nSPS) is 19.1. The highest BCUT2D eigenvalue weighted by Crippen LogP contribution is 2.38. The molecule has 2 aromatic heterocycles. The van der Waals surface area contributed by atoms with Crippen molar-refractivity contribution in [1.82, 2.24) is 15.3 Å². The van der Waals surface area contributed by atoms with Crippen LogP contribution in [0.5, 0.6) is 0 Å². The van der Waals surface area contributed by atoms with Crippen LogP contribution < -0.4 is 5.32 Å². The zero-order valence-corrected chi connectivity index (χ0v) is 13.4. The number of alkyl carbamates (subject to hydrolysis) is 1. The van der Waals surface area contributed by atoms with Crippen LogP contribution >= 0.6 is 0 Å². The first-order valence-electron chi connectivity index (χ1n) is 7.90. The molecule has 2 atom stereocenters. The number of pyridine rings is 2. The number of nitrogens with one attached hydrogen (secondary N) is 1. The first-order valence-corrected chi connectivity index (χ1v) is 7.90. The molecule has 0 spiro atoms.